The van der Waals surface area contributed by atoms with E-state index in [1.165, 1.54) is 32.4 Å². The number of rotatable bonds is 3. The zero-order chi connectivity index (χ0) is 12.5. The molecule has 2 aliphatic rings. The van der Waals surface area contributed by atoms with Gasteiger partial charge in [-0.15, -0.1) is 0 Å². The monoisotopic (exact) mass is 244 g/mol. The van der Waals surface area contributed by atoms with Crippen molar-refractivity contribution >= 4 is 0 Å². The van der Waals surface area contributed by atoms with Crippen LogP contribution in [0.15, 0.2) is 18.2 Å². The number of benzene rings is 1. The van der Waals surface area contributed by atoms with Crippen molar-refractivity contribution in [3.63, 3.8) is 0 Å². The second kappa shape index (κ2) is 5.02. The van der Waals surface area contributed by atoms with Gasteiger partial charge in [0.2, 0.25) is 0 Å². The van der Waals surface area contributed by atoms with Gasteiger partial charge in [-0.3, -0.25) is 0 Å². The van der Waals surface area contributed by atoms with Crippen molar-refractivity contribution < 1.29 is 0 Å². The van der Waals surface area contributed by atoms with Gasteiger partial charge in [0.05, 0.1) is 0 Å². The molecule has 1 aliphatic heterocycles. The molecule has 3 rings (SSSR count). The SMILES string of the molecule is CCc1cccc2c1CC[C@H]1CN(CCN)C[C@@H]21. The summed E-state index contributed by atoms with van der Waals surface area (Å²) >= 11 is 0. The van der Waals surface area contributed by atoms with Gasteiger partial charge in [0.25, 0.3) is 0 Å². The average Bonchev–Trinajstić information content (AvgIpc) is 2.81. The Labute approximate surface area is 110 Å². The summed E-state index contributed by atoms with van der Waals surface area (Å²) in [6.07, 6.45) is 3.83. The topological polar surface area (TPSA) is 29.3 Å². The number of hydrogen-bond acceptors (Lipinski definition) is 2. The second-order valence-electron chi connectivity index (χ2n) is 5.79. The normalized spacial score (nSPS) is 27.0. The van der Waals surface area contributed by atoms with Gasteiger partial charge in [-0.05, 0) is 41.9 Å². The molecule has 0 aromatic heterocycles. The van der Waals surface area contributed by atoms with Gasteiger partial charge < -0.3 is 10.6 Å². The lowest BCUT2D eigenvalue weighted by Crippen LogP contribution is -2.27. The Morgan fingerprint density at radius 3 is 3.00 bits per heavy atom. The Bertz CT molecular complexity index is 427. The molecule has 1 fully saturated rings. The molecule has 1 aliphatic carbocycles. The summed E-state index contributed by atoms with van der Waals surface area (Å²) in [5, 5.41) is 0. The fourth-order valence-corrected chi connectivity index (χ4v) is 3.94. The predicted octanol–water partition coefficient (Wildman–Crippen LogP) is 2.17. The molecule has 1 heterocycles. The van der Waals surface area contributed by atoms with Crippen LogP contribution in [0.2, 0.25) is 0 Å². The van der Waals surface area contributed by atoms with Gasteiger partial charge in [-0.1, -0.05) is 25.1 Å². The minimum atomic E-state index is 0.770. The predicted molar refractivity (Wildman–Crippen MR) is 75.9 cm³/mol. The van der Waals surface area contributed by atoms with Crippen LogP contribution < -0.4 is 5.73 Å². The van der Waals surface area contributed by atoms with Crippen LogP contribution >= 0.6 is 0 Å². The van der Waals surface area contributed by atoms with Crippen LogP contribution in [0.1, 0.15) is 36.0 Å². The molecule has 0 bridgehead atoms. The highest BCUT2D eigenvalue weighted by atomic mass is 15.2. The molecule has 2 atom stereocenters. The smallest absolute Gasteiger partial charge is 0.0105 e. The Morgan fingerprint density at radius 2 is 2.22 bits per heavy atom. The van der Waals surface area contributed by atoms with E-state index < -0.39 is 0 Å². The average molecular weight is 244 g/mol. The van der Waals surface area contributed by atoms with Crippen molar-refractivity contribution in [2.45, 2.75) is 32.1 Å². The Balaban J connectivity index is 1.89. The van der Waals surface area contributed by atoms with Crippen LogP contribution in [0.4, 0.5) is 0 Å². The molecule has 2 nitrogen and oxygen atoms in total. The van der Waals surface area contributed by atoms with E-state index in [2.05, 4.69) is 30.0 Å². The maximum atomic E-state index is 5.70. The fourth-order valence-electron chi connectivity index (χ4n) is 3.94. The number of hydrogen-bond donors (Lipinski definition) is 1. The molecule has 0 saturated carbocycles. The zero-order valence-corrected chi connectivity index (χ0v) is 11.4. The van der Waals surface area contributed by atoms with E-state index in [1.54, 1.807) is 16.7 Å². The minimum absolute atomic E-state index is 0.770. The molecule has 1 aromatic rings. The van der Waals surface area contributed by atoms with Crippen molar-refractivity contribution in [2.75, 3.05) is 26.2 Å². The van der Waals surface area contributed by atoms with E-state index in [1.807, 2.05) is 0 Å². The van der Waals surface area contributed by atoms with Gasteiger partial charge in [-0.25, -0.2) is 0 Å². The first-order valence-corrected chi connectivity index (χ1v) is 7.36. The Morgan fingerprint density at radius 1 is 1.33 bits per heavy atom. The van der Waals surface area contributed by atoms with E-state index in [4.69, 9.17) is 5.73 Å². The van der Waals surface area contributed by atoms with Crippen LogP contribution in [0, 0.1) is 5.92 Å². The van der Waals surface area contributed by atoms with E-state index in [-0.39, 0.29) is 0 Å². The first-order chi connectivity index (χ1) is 8.83. The lowest BCUT2D eigenvalue weighted by atomic mass is 9.75. The molecule has 0 radical (unpaired) electrons. The lowest BCUT2D eigenvalue weighted by molar-refractivity contribution is 0.330. The van der Waals surface area contributed by atoms with Crippen molar-refractivity contribution in [1.82, 2.24) is 4.90 Å². The summed E-state index contributed by atoms with van der Waals surface area (Å²) < 4.78 is 0. The number of fused-ring (bicyclic) bond motifs is 3. The molecular weight excluding hydrogens is 220 g/mol. The van der Waals surface area contributed by atoms with Crippen LogP contribution in [0.5, 0.6) is 0 Å². The maximum Gasteiger partial charge on any atom is 0.0105 e. The summed E-state index contributed by atoms with van der Waals surface area (Å²) in [6.45, 7) is 6.62. The third kappa shape index (κ3) is 1.98. The van der Waals surface area contributed by atoms with Crippen molar-refractivity contribution in [1.29, 1.82) is 0 Å². The summed E-state index contributed by atoms with van der Waals surface area (Å²) in [4.78, 5) is 2.56. The van der Waals surface area contributed by atoms with Crippen molar-refractivity contribution in [3.05, 3.63) is 34.9 Å². The second-order valence-corrected chi connectivity index (χ2v) is 5.79. The van der Waals surface area contributed by atoms with Crippen molar-refractivity contribution in [3.8, 4) is 0 Å². The van der Waals surface area contributed by atoms with Crippen LogP contribution in [0.25, 0.3) is 0 Å². The fraction of sp³-hybridized carbons (Fsp3) is 0.625. The number of nitrogens with zero attached hydrogens (tertiary/aromatic N) is 1. The molecule has 98 valence electrons. The molecule has 0 amide bonds. The largest absolute Gasteiger partial charge is 0.329 e. The zero-order valence-electron chi connectivity index (χ0n) is 11.4. The quantitative estimate of drug-likeness (QED) is 0.883. The van der Waals surface area contributed by atoms with Gasteiger partial charge in [0.1, 0.15) is 0 Å². The highest BCUT2D eigenvalue weighted by molar-refractivity contribution is 5.41. The van der Waals surface area contributed by atoms with Crippen LogP contribution in [-0.4, -0.2) is 31.1 Å². The molecule has 2 heteroatoms. The number of aryl methyl sites for hydroxylation is 1. The van der Waals surface area contributed by atoms with Crippen LogP contribution in [-0.2, 0) is 12.8 Å². The van der Waals surface area contributed by atoms with Gasteiger partial charge >= 0.3 is 0 Å². The Kier molecular flexibility index (Phi) is 3.40. The summed E-state index contributed by atoms with van der Waals surface area (Å²) in [5.41, 5.74) is 10.6. The van der Waals surface area contributed by atoms with Crippen molar-refractivity contribution in [2.24, 2.45) is 11.7 Å². The summed E-state index contributed by atoms with van der Waals surface area (Å²) in [7, 11) is 0. The molecule has 0 unspecified atom stereocenters. The lowest BCUT2D eigenvalue weighted by Gasteiger charge is -2.29. The van der Waals surface area contributed by atoms with Gasteiger partial charge in [-0.2, -0.15) is 0 Å². The van der Waals surface area contributed by atoms with E-state index in [9.17, 15) is 0 Å². The standard InChI is InChI=1S/C16H24N2/c1-2-12-4-3-5-15-14(12)7-6-13-10-18(9-8-17)11-16(13)15/h3-5,13,16H,2,6-11,17H2,1H3/t13-,16+/m0/s1. The van der Waals surface area contributed by atoms with E-state index in [0.29, 0.717) is 0 Å². The molecule has 0 spiro atoms. The van der Waals surface area contributed by atoms with Gasteiger partial charge in [0, 0.05) is 32.1 Å². The molecular formula is C16H24N2. The minimum Gasteiger partial charge on any atom is -0.329 e. The third-order valence-electron chi connectivity index (χ3n) is 4.82. The number of likely N-dealkylation sites (tertiary alicyclic amines) is 1. The highest BCUT2D eigenvalue weighted by Gasteiger charge is 2.37. The molecule has 1 saturated heterocycles. The summed E-state index contributed by atoms with van der Waals surface area (Å²) in [6, 6.07) is 6.94. The van der Waals surface area contributed by atoms with Gasteiger partial charge in [0.15, 0.2) is 0 Å². The molecule has 2 N–H and O–H groups in total. The molecule has 1 aromatic carbocycles. The molecule has 18 heavy (non-hydrogen) atoms. The maximum absolute atomic E-state index is 5.70. The third-order valence-corrected chi connectivity index (χ3v) is 4.82. The first-order valence-electron chi connectivity index (χ1n) is 7.36. The number of nitrogens with two attached hydrogens (primary N) is 1. The highest BCUT2D eigenvalue weighted by Crippen LogP contribution is 2.42. The van der Waals surface area contributed by atoms with E-state index in [0.717, 1.165) is 24.9 Å². The van der Waals surface area contributed by atoms with Crippen LogP contribution in [0.3, 0.4) is 0 Å². The van der Waals surface area contributed by atoms with E-state index >= 15 is 0 Å². The first kappa shape index (κ1) is 12.2. The summed E-state index contributed by atoms with van der Waals surface area (Å²) in [5.74, 6) is 1.64. The Hall–Kier alpha value is -0.860.